The van der Waals surface area contributed by atoms with Crippen molar-refractivity contribution in [3.63, 3.8) is 0 Å². The number of nitro groups is 1. The highest BCUT2D eigenvalue weighted by atomic mass is 16.6. The second-order valence-corrected chi connectivity index (χ2v) is 5.22. The molecule has 1 saturated heterocycles. The maximum atomic E-state index is 12.4. The van der Waals surface area contributed by atoms with Gasteiger partial charge >= 0.3 is 5.69 Å². The molecule has 0 N–H and O–H groups in total. The van der Waals surface area contributed by atoms with Crippen molar-refractivity contribution in [2.24, 2.45) is 11.8 Å². The third kappa shape index (κ3) is 1.93. The molecule has 1 aromatic rings. The van der Waals surface area contributed by atoms with E-state index in [2.05, 4.69) is 4.98 Å². The Bertz CT molecular complexity index is 657. The number of aromatic nitrogens is 1. The first-order valence-corrected chi connectivity index (χ1v) is 6.65. The number of pyridine rings is 1. The number of allylic oxidation sites excluding steroid dienone is 2. The number of amides is 2. The molecule has 1 fully saturated rings. The Morgan fingerprint density at radius 3 is 2.33 bits per heavy atom. The number of hydrogen-bond acceptors (Lipinski definition) is 5. The average molecular weight is 287 g/mol. The van der Waals surface area contributed by atoms with Gasteiger partial charge in [-0.05, 0) is 25.8 Å². The predicted molar refractivity (Wildman–Crippen MR) is 73.5 cm³/mol. The van der Waals surface area contributed by atoms with E-state index in [-0.39, 0.29) is 11.5 Å². The third-order valence-electron chi connectivity index (χ3n) is 4.01. The van der Waals surface area contributed by atoms with Gasteiger partial charge in [-0.15, -0.1) is 0 Å². The lowest BCUT2D eigenvalue weighted by molar-refractivity contribution is -0.384. The van der Waals surface area contributed by atoms with Gasteiger partial charge in [0.25, 0.3) is 0 Å². The van der Waals surface area contributed by atoms with E-state index in [1.165, 1.54) is 12.3 Å². The van der Waals surface area contributed by atoms with Crippen molar-refractivity contribution in [2.45, 2.75) is 19.8 Å². The van der Waals surface area contributed by atoms with Crippen molar-refractivity contribution >= 4 is 23.3 Å². The molecule has 0 aromatic carbocycles. The van der Waals surface area contributed by atoms with Crippen LogP contribution >= 0.6 is 0 Å². The molecule has 108 valence electrons. The summed E-state index contributed by atoms with van der Waals surface area (Å²) in [6, 6.07) is 1.49. The second-order valence-electron chi connectivity index (χ2n) is 5.22. The molecule has 7 heteroatoms. The lowest BCUT2D eigenvalue weighted by Crippen LogP contribution is -2.32. The molecule has 21 heavy (non-hydrogen) atoms. The first kappa shape index (κ1) is 13.4. The van der Waals surface area contributed by atoms with E-state index in [1.54, 1.807) is 6.92 Å². The van der Waals surface area contributed by atoms with E-state index in [9.17, 15) is 19.7 Å². The number of hydrogen-bond donors (Lipinski definition) is 0. The summed E-state index contributed by atoms with van der Waals surface area (Å²) in [5, 5.41) is 11.2. The van der Waals surface area contributed by atoms with E-state index >= 15 is 0 Å². The van der Waals surface area contributed by atoms with Gasteiger partial charge in [0, 0.05) is 11.8 Å². The van der Waals surface area contributed by atoms with Gasteiger partial charge in [-0.3, -0.25) is 19.7 Å². The fourth-order valence-corrected chi connectivity index (χ4v) is 2.93. The highest BCUT2D eigenvalue weighted by molar-refractivity contribution is 6.22. The van der Waals surface area contributed by atoms with Crippen LogP contribution in [0.25, 0.3) is 0 Å². The summed E-state index contributed by atoms with van der Waals surface area (Å²) in [5.41, 5.74) is 0.0874. The van der Waals surface area contributed by atoms with Crippen LogP contribution in [0.3, 0.4) is 0 Å². The van der Waals surface area contributed by atoms with Crippen LogP contribution < -0.4 is 4.90 Å². The molecule has 0 unspecified atom stereocenters. The van der Waals surface area contributed by atoms with Gasteiger partial charge < -0.3 is 0 Å². The van der Waals surface area contributed by atoms with Crippen LogP contribution in [0.5, 0.6) is 0 Å². The fraction of sp³-hybridized carbons (Fsp3) is 0.357. The van der Waals surface area contributed by atoms with E-state index in [4.69, 9.17) is 0 Å². The Labute approximate surface area is 120 Å². The third-order valence-corrected chi connectivity index (χ3v) is 4.01. The number of imide groups is 1. The highest BCUT2D eigenvalue weighted by Crippen LogP contribution is 2.40. The standard InChI is InChI=1S/C14H13N3O4/c1-8-6-7-15-12(11(8)17(20)21)16-13(18)9-4-2-3-5-10(9)14(16)19/h2-3,6-7,9-10H,4-5H2,1H3/t9-,10-/m1/s1. The Morgan fingerprint density at radius 2 is 1.81 bits per heavy atom. The number of aryl methyl sites for hydroxylation is 1. The number of carbonyl (C=O) groups excluding carboxylic acids is 2. The molecule has 2 amide bonds. The Morgan fingerprint density at radius 1 is 1.24 bits per heavy atom. The summed E-state index contributed by atoms with van der Waals surface area (Å²) in [6.45, 7) is 1.56. The molecule has 0 saturated carbocycles. The molecule has 2 heterocycles. The number of carbonyl (C=O) groups is 2. The fourth-order valence-electron chi connectivity index (χ4n) is 2.93. The first-order chi connectivity index (χ1) is 10.0. The van der Waals surface area contributed by atoms with Crippen LogP contribution in [0.15, 0.2) is 24.4 Å². The minimum Gasteiger partial charge on any atom is -0.274 e. The summed E-state index contributed by atoms with van der Waals surface area (Å²) >= 11 is 0. The zero-order valence-electron chi connectivity index (χ0n) is 11.4. The van der Waals surface area contributed by atoms with E-state index < -0.39 is 28.6 Å². The normalized spacial score (nSPS) is 24.3. The minimum atomic E-state index is -0.599. The Hall–Kier alpha value is -2.57. The van der Waals surface area contributed by atoms with Crippen LogP contribution in [-0.2, 0) is 9.59 Å². The molecule has 2 atom stereocenters. The maximum Gasteiger partial charge on any atom is 0.315 e. The van der Waals surface area contributed by atoms with Crippen molar-refractivity contribution in [3.8, 4) is 0 Å². The smallest absolute Gasteiger partial charge is 0.274 e. The molecular weight excluding hydrogens is 274 g/mol. The molecule has 1 aromatic heterocycles. The van der Waals surface area contributed by atoms with Gasteiger partial charge in [-0.25, -0.2) is 9.88 Å². The average Bonchev–Trinajstić information content (AvgIpc) is 2.71. The van der Waals surface area contributed by atoms with Crippen molar-refractivity contribution in [3.05, 3.63) is 40.1 Å². The minimum absolute atomic E-state index is 0.163. The van der Waals surface area contributed by atoms with Crippen LogP contribution in [0, 0.1) is 28.9 Å². The van der Waals surface area contributed by atoms with E-state index in [1.807, 2.05) is 12.2 Å². The highest BCUT2D eigenvalue weighted by Gasteiger charge is 2.50. The van der Waals surface area contributed by atoms with Crippen molar-refractivity contribution < 1.29 is 14.5 Å². The van der Waals surface area contributed by atoms with Crippen LogP contribution in [0.1, 0.15) is 18.4 Å². The maximum absolute atomic E-state index is 12.4. The van der Waals surface area contributed by atoms with E-state index in [0.717, 1.165) is 4.90 Å². The van der Waals surface area contributed by atoms with Gasteiger partial charge in [0.15, 0.2) is 0 Å². The van der Waals surface area contributed by atoms with Gasteiger partial charge in [0.2, 0.25) is 17.6 Å². The summed E-state index contributed by atoms with van der Waals surface area (Å²) in [5.74, 6) is -1.80. The number of nitrogens with zero attached hydrogens (tertiary/aromatic N) is 3. The summed E-state index contributed by atoms with van der Waals surface area (Å²) in [4.78, 5) is 40.3. The molecule has 3 rings (SSSR count). The number of anilines is 1. The van der Waals surface area contributed by atoms with Gasteiger partial charge in [-0.1, -0.05) is 12.2 Å². The summed E-state index contributed by atoms with van der Waals surface area (Å²) < 4.78 is 0. The van der Waals surface area contributed by atoms with E-state index in [0.29, 0.717) is 18.4 Å². The SMILES string of the molecule is Cc1ccnc(N2C(=O)[C@@H]3CC=CC[C@H]3C2=O)c1[N+](=O)[O-]. The molecule has 0 spiro atoms. The zero-order chi connectivity index (χ0) is 15.1. The molecule has 1 aliphatic heterocycles. The van der Waals surface area contributed by atoms with Crippen LogP contribution in [-0.4, -0.2) is 21.7 Å². The number of rotatable bonds is 2. The summed E-state index contributed by atoms with van der Waals surface area (Å²) in [7, 11) is 0. The first-order valence-electron chi connectivity index (χ1n) is 6.65. The number of fused-ring (bicyclic) bond motifs is 1. The molecule has 2 aliphatic rings. The van der Waals surface area contributed by atoms with Crippen LogP contribution in [0.4, 0.5) is 11.5 Å². The Balaban J connectivity index is 2.10. The topological polar surface area (TPSA) is 93.4 Å². The summed E-state index contributed by atoms with van der Waals surface area (Å²) in [6.07, 6.45) is 6.09. The Kier molecular flexibility index (Phi) is 3.04. The molecule has 0 radical (unpaired) electrons. The molecule has 0 bridgehead atoms. The van der Waals surface area contributed by atoms with Crippen molar-refractivity contribution in [1.29, 1.82) is 0 Å². The van der Waals surface area contributed by atoms with Gasteiger partial charge in [-0.2, -0.15) is 0 Å². The lowest BCUT2D eigenvalue weighted by Gasteiger charge is -2.14. The largest absolute Gasteiger partial charge is 0.315 e. The molecule has 7 nitrogen and oxygen atoms in total. The van der Waals surface area contributed by atoms with Crippen LogP contribution in [0.2, 0.25) is 0 Å². The second kappa shape index (κ2) is 4.76. The predicted octanol–water partition coefficient (Wildman–Crippen LogP) is 1.75. The van der Waals surface area contributed by atoms with Crippen molar-refractivity contribution in [2.75, 3.05) is 4.90 Å². The zero-order valence-corrected chi connectivity index (χ0v) is 11.4. The van der Waals surface area contributed by atoms with Gasteiger partial charge in [0.1, 0.15) is 0 Å². The van der Waals surface area contributed by atoms with Crippen molar-refractivity contribution in [1.82, 2.24) is 4.98 Å². The lowest BCUT2D eigenvalue weighted by atomic mass is 9.85. The molecule has 1 aliphatic carbocycles. The monoisotopic (exact) mass is 287 g/mol. The molecular formula is C14H13N3O4. The quantitative estimate of drug-likeness (QED) is 0.357. The van der Waals surface area contributed by atoms with Gasteiger partial charge in [0.05, 0.1) is 16.8 Å².